The van der Waals surface area contributed by atoms with Gasteiger partial charge in [0, 0.05) is 31.9 Å². The minimum absolute atomic E-state index is 0. The first kappa shape index (κ1) is 13.1. The summed E-state index contributed by atoms with van der Waals surface area (Å²) in [5.74, 6) is 0.955. The first-order valence-electron chi connectivity index (χ1n) is 5.58. The second kappa shape index (κ2) is 6.61. The summed E-state index contributed by atoms with van der Waals surface area (Å²) in [6, 6.07) is 8.36. The molecule has 0 aromatic heterocycles. The third kappa shape index (κ3) is 3.29. The monoisotopic (exact) mass is 242 g/mol. The number of anilines is 1. The van der Waals surface area contributed by atoms with Crippen LogP contribution in [0.1, 0.15) is 6.92 Å². The number of piperazine rings is 1. The van der Waals surface area contributed by atoms with Crippen LogP contribution in [0.3, 0.4) is 0 Å². The highest BCUT2D eigenvalue weighted by Gasteiger charge is 2.09. The summed E-state index contributed by atoms with van der Waals surface area (Å²) in [6.45, 7) is 7.07. The van der Waals surface area contributed by atoms with Crippen molar-refractivity contribution in [2.45, 2.75) is 6.92 Å². The van der Waals surface area contributed by atoms with Gasteiger partial charge in [0.15, 0.2) is 0 Å². The SMILES string of the molecule is CCOc1ccc(N2CCNCC2)cc1.Cl. The minimum Gasteiger partial charge on any atom is -0.494 e. The zero-order valence-electron chi connectivity index (χ0n) is 9.61. The molecule has 1 heterocycles. The largest absolute Gasteiger partial charge is 0.494 e. The van der Waals surface area contributed by atoms with E-state index >= 15 is 0 Å². The molecule has 0 radical (unpaired) electrons. The van der Waals surface area contributed by atoms with E-state index in [-0.39, 0.29) is 12.4 Å². The second-order valence-corrected chi connectivity index (χ2v) is 3.66. The first-order chi connectivity index (χ1) is 7.40. The van der Waals surface area contributed by atoms with Gasteiger partial charge in [-0.3, -0.25) is 0 Å². The molecule has 1 aromatic rings. The number of rotatable bonds is 3. The number of hydrogen-bond donors (Lipinski definition) is 1. The molecule has 3 nitrogen and oxygen atoms in total. The fraction of sp³-hybridized carbons (Fsp3) is 0.500. The van der Waals surface area contributed by atoms with Crippen LogP contribution in [0, 0.1) is 0 Å². The standard InChI is InChI=1S/C12H18N2O.ClH/c1-2-15-12-5-3-11(4-6-12)14-9-7-13-8-10-14;/h3-6,13H,2,7-10H2,1H3;1H. The van der Waals surface area contributed by atoms with Crippen LogP contribution in [-0.2, 0) is 0 Å². The van der Waals surface area contributed by atoms with E-state index in [1.807, 2.05) is 19.1 Å². The number of nitrogens with zero attached hydrogens (tertiary/aromatic N) is 1. The molecule has 16 heavy (non-hydrogen) atoms. The Balaban J connectivity index is 0.00000128. The Hall–Kier alpha value is -0.930. The molecule has 1 N–H and O–H groups in total. The molecule has 1 aliphatic heterocycles. The quantitative estimate of drug-likeness (QED) is 0.877. The summed E-state index contributed by atoms with van der Waals surface area (Å²) in [5.41, 5.74) is 1.29. The van der Waals surface area contributed by atoms with Crippen molar-refractivity contribution in [3.63, 3.8) is 0 Å². The molecule has 1 saturated heterocycles. The predicted octanol–water partition coefficient (Wildman–Crippen LogP) is 1.92. The third-order valence-electron chi connectivity index (χ3n) is 2.63. The average molecular weight is 243 g/mol. The van der Waals surface area contributed by atoms with Crippen molar-refractivity contribution in [1.82, 2.24) is 5.32 Å². The molecule has 1 fully saturated rings. The smallest absolute Gasteiger partial charge is 0.119 e. The van der Waals surface area contributed by atoms with Gasteiger partial charge in [-0.25, -0.2) is 0 Å². The van der Waals surface area contributed by atoms with Crippen LogP contribution in [0.15, 0.2) is 24.3 Å². The van der Waals surface area contributed by atoms with Crippen LogP contribution in [0.4, 0.5) is 5.69 Å². The Morgan fingerprint density at radius 1 is 1.19 bits per heavy atom. The van der Waals surface area contributed by atoms with E-state index in [1.165, 1.54) is 5.69 Å². The molecule has 0 bridgehead atoms. The maximum atomic E-state index is 5.42. The highest BCUT2D eigenvalue weighted by Crippen LogP contribution is 2.19. The van der Waals surface area contributed by atoms with E-state index in [0.717, 1.165) is 38.5 Å². The fourth-order valence-electron chi connectivity index (χ4n) is 1.84. The second-order valence-electron chi connectivity index (χ2n) is 3.66. The lowest BCUT2D eigenvalue weighted by atomic mass is 10.2. The van der Waals surface area contributed by atoms with Crippen molar-refractivity contribution in [2.75, 3.05) is 37.7 Å². The van der Waals surface area contributed by atoms with Gasteiger partial charge in [0.2, 0.25) is 0 Å². The van der Waals surface area contributed by atoms with E-state index in [0.29, 0.717) is 0 Å². The van der Waals surface area contributed by atoms with E-state index in [9.17, 15) is 0 Å². The van der Waals surface area contributed by atoms with Gasteiger partial charge in [-0.05, 0) is 31.2 Å². The summed E-state index contributed by atoms with van der Waals surface area (Å²) in [7, 11) is 0. The first-order valence-corrected chi connectivity index (χ1v) is 5.58. The highest BCUT2D eigenvalue weighted by atomic mass is 35.5. The predicted molar refractivity (Wildman–Crippen MR) is 69.9 cm³/mol. The van der Waals surface area contributed by atoms with Crippen molar-refractivity contribution in [3.8, 4) is 5.75 Å². The van der Waals surface area contributed by atoms with Crippen LogP contribution in [0.2, 0.25) is 0 Å². The molecule has 0 aliphatic carbocycles. The lowest BCUT2D eigenvalue weighted by molar-refractivity contribution is 0.340. The van der Waals surface area contributed by atoms with Crippen LogP contribution in [-0.4, -0.2) is 32.8 Å². The van der Waals surface area contributed by atoms with Gasteiger partial charge in [-0.2, -0.15) is 0 Å². The maximum absolute atomic E-state index is 5.42. The van der Waals surface area contributed by atoms with Crippen molar-refractivity contribution in [1.29, 1.82) is 0 Å². The minimum atomic E-state index is 0. The van der Waals surface area contributed by atoms with Crippen molar-refractivity contribution < 1.29 is 4.74 Å². The molecule has 1 aliphatic rings. The summed E-state index contributed by atoms with van der Waals surface area (Å²) in [5, 5.41) is 3.35. The summed E-state index contributed by atoms with van der Waals surface area (Å²) in [4.78, 5) is 2.40. The molecule has 90 valence electrons. The van der Waals surface area contributed by atoms with Gasteiger partial charge in [0.1, 0.15) is 5.75 Å². The van der Waals surface area contributed by atoms with Crippen LogP contribution < -0.4 is 15.0 Å². The number of nitrogens with one attached hydrogen (secondary N) is 1. The number of benzene rings is 1. The molecule has 2 rings (SSSR count). The van der Waals surface area contributed by atoms with Gasteiger partial charge in [-0.15, -0.1) is 12.4 Å². The lowest BCUT2D eigenvalue weighted by Gasteiger charge is -2.29. The molecular formula is C12H19ClN2O. The zero-order chi connectivity index (χ0) is 10.5. The summed E-state index contributed by atoms with van der Waals surface area (Å²) >= 11 is 0. The van der Waals surface area contributed by atoms with Crippen LogP contribution in [0.5, 0.6) is 5.75 Å². The Labute approximate surface area is 103 Å². The van der Waals surface area contributed by atoms with E-state index in [2.05, 4.69) is 22.3 Å². The zero-order valence-corrected chi connectivity index (χ0v) is 10.4. The Morgan fingerprint density at radius 3 is 2.38 bits per heavy atom. The van der Waals surface area contributed by atoms with E-state index < -0.39 is 0 Å². The topological polar surface area (TPSA) is 24.5 Å². The van der Waals surface area contributed by atoms with Crippen LogP contribution in [0.25, 0.3) is 0 Å². The van der Waals surface area contributed by atoms with Gasteiger partial charge >= 0.3 is 0 Å². The van der Waals surface area contributed by atoms with E-state index in [4.69, 9.17) is 4.74 Å². The normalized spacial score (nSPS) is 15.4. The van der Waals surface area contributed by atoms with E-state index in [1.54, 1.807) is 0 Å². The number of hydrogen-bond acceptors (Lipinski definition) is 3. The Morgan fingerprint density at radius 2 is 1.81 bits per heavy atom. The lowest BCUT2D eigenvalue weighted by Crippen LogP contribution is -2.43. The molecule has 0 atom stereocenters. The molecule has 0 spiro atoms. The maximum Gasteiger partial charge on any atom is 0.119 e. The summed E-state index contributed by atoms with van der Waals surface area (Å²) < 4.78 is 5.42. The van der Waals surface area contributed by atoms with Gasteiger partial charge in [0.05, 0.1) is 6.61 Å². The van der Waals surface area contributed by atoms with Crippen molar-refractivity contribution in [3.05, 3.63) is 24.3 Å². The number of halogens is 1. The molecule has 0 saturated carbocycles. The third-order valence-corrected chi connectivity index (χ3v) is 2.63. The van der Waals surface area contributed by atoms with Crippen molar-refractivity contribution >= 4 is 18.1 Å². The van der Waals surface area contributed by atoms with Gasteiger partial charge in [-0.1, -0.05) is 0 Å². The molecule has 0 amide bonds. The molecule has 0 unspecified atom stereocenters. The Kier molecular flexibility index (Phi) is 5.43. The summed E-state index contributed by atoms with van der Waals surface area (Å²) in [6.07, 6.45) is 0. The average Bonchev–Trinajstić information content (AvgIpc) is 2.32. The Bertz CT molecular complexity index is 296. The van der Waals surface area contributed by atoms with Crippen molar-refractivity contribution in [2.24, 2.45) is 0 Å². The highest BCUT2D eigenvalue weighted by molar-refractivity contribution is 5.85. The number of ether oxygens (including phenoxy) is 1. The molecular weight excluding hydrogens is 224 g/mol. The van der Waals surface area contributed by atoms with Crippen LogP contribution >= 0.6 is 12.4 Å². The van der Waals surface area contributed by atoms with Gasteiger partial charge < -0.3 is 15.0 Å². The fourth-order valence-corrected chi connectivity index (χ4v) is 1.84. The van der Waals surface area contributed by atoms with Gasteiger partial charge in [0.25, 0.3) is 0 Å². The molecule has 1 aromatic carbocycles. The molecule has 4 heteroatoms.